The lowest BCUT2D eigenvalue weighted by atomic mass is 10.2. The molecular formula is C8H19NO. The largest absolute Gasteiger partial charge is 0.378 e. The zero-order valence-corrected chi connectivity index (χ0v) is 7.46. The van der Waals surface area contributed by atoms with Crippen LogP contribution in [0.1, 0.15) is 33.6 Å². The van der Waals surface area contributed by atoms with E-state index in [9.17, 15) is 5.11 Å². The van der Waals surface area contributed by atoms with Gasteiger partial charge in [-0.2, -0.15) is 0 Å². The summed E-state index contributed by atoms with van der Waals surface area (Å²) in [5.74, 6) is 0. The van der Waals surface area contributed by atoms with Crippen molar-refractivity contribution in [2.75, 3.05) is 7.05 Å². The molecule has 0 saturated carbocycles. The molecule has 0 aliphatic carbocycles. The van der Waals surface area contributed by atoms with E-state index >= 15 is 0 Å². The highest BCUT2D eigenvalue weighted by Gasteiger charge is 2.12. The molecule has 0 bridgehead atoms. The quantitative estimate of drug-likeness (QED) is 0.605. The minimum absolute atomic E-state index is 0.269. The number of hydrogen-bond acceptors (Lipinski definition) is 2. The zero-order chi connectivity index (χ0) is 8.15. The smallest absolute Gasteiger partial charge is 0.107 e. The lowest BCUT2D eigenvalue weighted by Crippen LogP contribution is -2.37. The van der Waals surface area contributed by atoms with Crippen molar-refractivity contribution in [2.45, 2.75) is 45.9 Å². The Bertz CT molecular complexity index is 75.3. The van der Waals surface area contributed by atoms with Crippen molar-refractivity contribution in [3.8, 4) is 0 Å². The first-order valence-corrected chi connectivity index (χ1v) is 4.03. The predicted octanol–water partition coefficient (Wildman–Crippen LogP) is 1.45. The van der Waals surface area contributed by atoms with Crippen LogP contribution in [0.3, 0.4) is 0 Å². The van der Waals surface area contributed by atoms with E-state index in [0.717, 1.165) is 12.8 Å². The molecule has 1 N–H and O–H groups in total. The SMILES string of the molecule is CCC(C)N(C)C(O)CC. The van der Waals surface area contributed by atoms with E-state index in [1.165, 1.54) is 0 Å². The molecule has 10 heavy (non-hydrogen) atoms. The van der Waals surface area contributed by atoms with Gasteiger partial charge in [-0.25, -0.2) is 0 Å². The first kappa shape index (κ1) is 9.92. The maximum Gasteiger partial charge on any atom is 0.107 e. The molecule has 2 unspecified atom stereocenters. The summed E-state index contributed by atoms with van der Waals surface area (Å²) in [6, 6.07) is 0.481. The van der Waals surface area contributed by atoms with Gasteiger partial charge in [0.2, 0.25) is 0 Å². The zero-order valence-electron chi connectivity index (χ0n) is 7.46. The topological polar surface area (TPSA) is 23.5 Å². The molecule has 2 nitrogen and oxygen atoms in total. The van der Waals surface area contributed by atoms with Crippen LogP contribution in [0.25, 0.3) is 0 Å². The summed E-state index contributed by atoms with van der Waals surface area (Å²) < 4.78 is 0. The van der Waals surface area contributed by atoms with Crippen LogP contribution in [-0.2, 0) is 0 Å². The molecule has 0 rings (SSSR count). The summed E-state index contributed by atoms with van der Waals surface area (Å²) in [6.07, 6.45) is 1.63. The second-order valence-electron chi connectivity index (χ2n) is 2.81. The van der Waals surface area contributed by atoms with Crippen molar-refractivity contribution in [3.63, 3.8) is 0 Å². The summed E-state index contributed by atoms with van der Waals surface area (Å²) in [5, 5.41) is 9.35. The molecule has 0 aromatic heterocycles. The van der Waals surface area contributed by atoms with Gasteiger partial charge in [-0.3, -0.25) is 4.90 Å². The normalized spacial score (nSPS) is 17.4. The summed E-state index contributed by atoms with van der Waals surface area (Å²) >= 11 is 0. The Labute approximate surface area is 63.8 Å². The highest BCUT2D eigenvalue weighted by molar-refractivity contribution is 4.62. The third-order valence-electron chi connectivity index (χ3n) is 2.12. The summed E-state index contributed by atoms with van der Waals surface area (Å²) in [6.45, 7) is 6.24. The monoisotopic (exact) mass is 145 g/mol. The van der Waals surface area contributed by atoms with Crippen LogP contribution < -0.4 is 0 Å². The van der Waals surface area contributed by atoms with Gasteiger partial charge in [0.25, 0.3) is 0 Å². The van der Waals surface area contributed by atoms with E-state index in [1.54, 1.807) is 0 Å². The molecular weight excluding hydrogens is 126 g/mol. The molecule has 0 radical (unpaired) electrons. The number of hydrogen-bond donors (Lipinski definition) is 1. The van der Waals surface area contributed by atoms with Crippen LogP contribution >= 0.6 is 0 Å². The highest BCUT2D eigenvalue weighted by Crippen LogP contribution is 2.05. The average Bonchev–Trinajstić information content (AvgIpc) is 2.00. The number of rotatable bonds is 4. The number of aliphatic hydroxyl groups is 1. The van der Waals surface area contributed by atoms with Crippen LogP contribution in [0, 0.1) is 0 Å². The van der Waals surface area contributed by atoms with Crippen molar-refractivity contribution >= 4 is 0 Å². The second kappa shape index (κ2) is 4.69. The van der Waals surface area contributed by atoms with E-state index in [0.29, 0.717) is 6.04 Å². The maximum absolute atomic E-state index is 9.35. The Hall–Kier alpha value is -0.0800. The van der Waals surface area contributed by atoms with Crippen molar-refractivity contribution in [1.82, 2.24) is 4.90 Å². The standard InChI is InChI=1S/C8H19NO/c1-5-7(3)9(4)8(10)6-2/h7-8,10H,5-6H2,1-4H3. The van der Waals surface area contributed by atoms with Gasteiger partial charge in [-0.05, 0) is 26.8 Å². The molecule has 0 fully saturated rings. The van der Waals surface area contributed by atoms with Gasteiger partial charge in [0.15, 0.2) is 0 Å². The minimum Gasteiger partial charge on any atom is -0.378 e. The van der Waals surface area contributed by atoms with E-state index in [-0.39, 0.29) is 6.23 Å². The van der Waals surface area contributed by atoms with E-state index in [1.807, 2.05) is 18.9 Å². The van der Waals surface area contributed by atoms with Crippen molar-refractivity contribution in [3.05, 3.63) is 0 Å². The van der Waals surface area contributed by atoms with Crippen LogP contribution in [0.5, 0.6) is 0 Å². The Morgan fingerprint density at radius 1 is 1.30 bits per heavy atom. The van der Waals surface area contributed by atoms with Gasteiger partial charge in [0.1, 0.15) is 6.23 Å². The molecule has 0 aromatic carbocycles. The van der Waals surface area contributed by atoms with Gasteiger partial charge in [-0.15, -0.1) is 0 Å². The van der Waals surface area contributed by atoms with Gasteiger partial charge in [0, 0.05) is 6.04 Å². The molecule has 0 heterocycles. The first-order chi connectivity index (χ1) is 4.63. The Balaban J connectivity index is 3.69. The van der Waals surface area contributed by atoms with Gasteiger partial charge < -0.3 is 5.11 Å². The molecule has 2 atom stereocenters. The van der Waals surface area contributed by atoms with Gasteiger partial charge in [-0.1, -0.05) is 13.8 Å². The van der Waals surface area contributed by atoms with Gasteiger partial charge in [0.05, 0.1) is 0 Å². The molecule has 0 aromatic rings. The van der Waals surface area contributed by atoms with Crippen LogP contribution in [-0.4, -0.2) is 29.3 Å². The second-order valence-corrected chi connectivity index (χ2v) is 2.81. The fourth-order valence-electron chi connectivity index (χ4n) is 0.870. The Morgan fingerprint density at radius 2 is 1.80 bits per heavy atom. The summed E-state index contributed by atoms with van der Waals surface area (Å²) in [4.78, 5) is 2.00. The lowest BCUT2D eigenvalue weighted by Gasteiger charge is -2.27. The molecule has 0 saturated heterocycles. The van der Waals surface area contributed by atoms with E-state index < -0.39 is 0 Å². The average molecular weight is 145 g/mol. The van der Waals surface area contributed by atoms with Crippen LogP contribution in [0.15, 0.2) is 0 Å². The third-order valence-corrected chi connectivity index (χ3v) is 2.12. The van der Waals surface area contributed by atoms with Crippen molar-refractivity contribution < 1.29 is 5.11 Å². The number of nitrogens with zero attached hydrogens (tertiary/aromatic N) is 1. The molecule has 0 aliphatic heterocycles. The maximum atomic E-state index is 9.35. The van der Waals surface area contributed by atoms with Crippen molar-refractivity contribution in [2.24, 2.45) is 0 Å². The van der Waals surface area contributed by atoms with Crippen LogP contribution in [0.4, 0.5) is 0 Å². The van der Waals surface area contributed by atoms with Crippen molar-refractivity contribution in [1.29, 1.82) is 0 Å². The molecule has 0 aliphatic rings. The lowest BCUT2D eigenvalue weighted by molar-refractivity contribution is -0.00463. The first-order valence-electron chi connectivity index (χ1n) is 4.03. The summed E-state index contributed by atoms with van der Waals surface area (Å²) in [5.41, 5.74) is 0. The van der Waals surface area contributed by atoms with E-state index in [2.05, 4.69) is 13.8 Å². The molecule has 2 heteroatoms. The molecule has 0 amide bonds. The fourth-order valence-corrected chi connectivity index (χ4v) is 0.870. The minimum atomic E-state index is -0.269. The van der Waals surface area contributed by atoms with E-state index in [4.69, 9.17) is 0 Å². The predicted molar refractivity (Wildman–Crippen MR) is 43.8 cm³/mol. The molecule has 62 valence electrons. The Morgan fingerprint density at radius 3 is 2.10 bits per heavy atom. The molecule has 0 spiro atoms. The third kappa shape index (κ3) is 2.67. The highest BCUT2D eigenvalue weighted by atomic mass is 16.3. The Kier molecular flexibility index (Phi) is 4.65. The van der Waals surface area contributed by atoms with Crippen LogP contribution in [0.2, 0.25) is 0 Å². The fraction of sp³-hybridized carbons (Fsp3) is 1.00. The number of aliphatic hydroxyl groups excluding tert-OH is 1. The van der Waals surface area contributed by atoms with Gasteiger partial charge >= 0.3 is 0 Å². The summed E-state index contributed by atoms with van der Waals surface area (Å²) in [7, 11) is 1.96.